The number of amides is 1. The van der Waals surface area contributed by atoms with E-state index in [-0.39, 0.29) is 5.82 Å². The first-order chi connectivity index (χ1) is 7.25. The first kappa shape index (κ1) is 9.65. The van der Waals surface area contributed by atoms with Gasteiger partial charge in [-0.1, -0.05) is 0 Å². The van der Waals surface area contributed by atoms with Crippen LogP contribution in [0.1, 0.15) is 10.6 Å². The Bertz CT molecular complexity index is 453. The second-order valence-electron chi connectivity index (χ2n) is 2.41. The van der Waals surface area contributed by atoms with Crippen molar-refractivity contribution in [3.63, 3.8) is 0 Å². The third kappa shape index (κ3) is 2.31. The molecule has 8 nitrogen and oxygen atoms in total. The van der Waals surface area contributed by atoms with Gasteiger partial charge < -0.3 is 5.32 Å². The van der Waals surface area contributed by atoms with Crippen LogP contribution >= 0.6 is 15.9 Å². The van der Waals surface area contributed by atoms with Crippen LogP contribution < -0.4 is 5.32 Å². The fourth-order valence-corrected chi connectivity index (χ4v) is 1.01. The molecule has 2 heterocycles. The minimum atomic E-state index is -0.500. The summed E-state index contributed by atoms with van der Waals surface area (Å²) in [6.07, 6.45) is 2.87. The zero-order valence-electron chi connectivity index (χ0n) is 7.18. The van der Waals surface area contributed by atoms with Gasteiger partial charge in [0, 0.05) is 0 Å². The van der Waals surface area contributed by atoms with Gasteiger partial charge in [-0.15, -0.1) is 10.2 Å². The molecule has 2 N–H and O–H groups in total. The van der Waals surface area contributed by atoms with Crippen LogP contribution in [-0.2, 0) is 0 Å². The zero-order chi connectivity index (χ0) is 10.7. The van der Waals surface area contributed by atoms with Crippen LogP contribution in [-0.4, -0.2) is 36.5 Å². The highest BCUT2D eigenvalue weighted by Crippen LogP contribution is 2.06. The smallest absolute Gasteiger partial charge is 0.298 e. The van der Waals surface area contributed by atoms with Crippen molar-refractivity contribution in [3.05, 3.63) is 22.8 Å². The van der Waals surface area contributed by atoms with Gasteiger partial charge in [0.2, 0.25) is 0 Å². The number of hydrogen-bond donors (Lipinski definition) is 2. The van der Waals surface area contributed by atoms with E-state index in [1.807, 2.05) is 0 Å². The Morgan fingerprint density at radius 1 is 1.40 bits per heavy atom. The number of nitrogens with one attached hydrogen (secondary N) is 2. The van der Waals surface area contributed by atoms with Crippen molar-refractivity contribution in [1.82, 2.24) is 30.6 Å². The molecule has 0 aromatic carbocycles. The molecule has 9 heteroatoms. The van der Waals surface area contributed by atoms with Gasteiger partial charge in [-0.2, -0.15) is 5.21 Å². The molecule has 0 unspecified atom stereocenters. The lowest BCUT2D eigenvalue weighted by atomic mass is 10.5. The van der Waals surface area contributed by atoms with E-state index < -0.39 is 5.91 Å². The van der Waals surface area contributed by atoms with E-state index >= 15 is 0 Å². The quantitative estimate of drug-likeness (QED) is 0.795. The molecule has 76 valence electrons. The highest BCUT2D eigenvalue weighted by atomic mass is 79.9. The number of tetrazole rings is 1. The number of anilines is 1. The molecule has 0 atom stereocenters. The molecule has 0 aliphatic carbocycles. The Labute approximate surface area is 91.6 Å². The van der Waals surface area contributed by atoms with Crippen LogP contribution in [0.25, 0.3) is 0 Å². The molecule has 2 rings (SSSR count). The van der Waals surface area contributed by atoms with Crippen molar-refractivity contribution in [1.29, 1.82) is 0 Å². The summed E-state index contributed by atoms with van der Waals surface area (Å²) in [7, 11) is 0. The largest absolute Gasteiger partial charge is 0.302 e. The molecule has 0 saturated carbocycles. The van der Waals surface area contributed by atoms with Gasteiger partial charge >= 0.3 is 0 Å². The molecule has 15 heavy (non-hydrogen) atoms. The van der Waals surface area contributed by atoms with Crippen LogP contribution in [0.15, 0.2) is 17.0 Å². The molecular formula is C6H4BrN7O. The lowest BCUT2D eigenvalue weighted by Crippen LogP contribution is -2.14. The third-order valence-corrected chi connectivity index (χ3v) is 1.82. The van der Waals surface area contributed by atoms with E-state index in [1.54, 1.807) is 0 Å². The van der Waals surface area contributed by atoms with E-state index in [1.165, 1.54) is 12.4 Å². The standard InChI is InChI=1S/C6H4BrN7O/c7-3-1-9-4(2-8-3)10-6(15)5-11-13-14-12-5/h1-2H,(H,9,10,15)(H,11,12,13,14). The summed E-state index contributed by atoms with van der Waals surface area (Å²) >= 11 is 3.12. The van der Waals surface area contributed by atoms with Crippen molar-refractivity contribution in [3.8, 4) is 0 Å². The fourth-order valence-electron chi connectivity index (χ4n) is 0.807. The first-order valence-corrected chi connectivity index (χ1v) is 4.57. The highest BCUT2D eigenvalue weighted by Gasteiger charge is 2.11. The molecule has 0 saturated heterocycles. The van der Waals surface area contributed by atoms with Gasteiger partial charge in [0.25, 0.3) is 11.7 Å². The van der Waals surface area contributed by atoms with Crippen LogP contribution in [0.3, 0.4) is 0 Å². The zero-order valence-corrected chi connectivity index (χ0v) is 8.76. The van der Waals surface area contributed by atoms with Crippen LogP contribution in [0.4, 0.5) is 5.82 Å². The second kappa shape index (κ2) is 4.09. The van der Waals surface area contributed by atoms with E-state index in [4.69, 9.17) is 0 Å². The molecule has 0 fully saturated rings. The number of halogens is 1. The number of H-pyrrole nitrogens is 1. The lowest BCUT2D eigenvalue weighted by molar-refractivity contribution is 0.101. The number of hydrogen-bond acceptors (Lipinski definition) is 6. The van der Waals surface area contributed by atoms with Crippen molar-refractivity contribution in [2.75, 3.05) is 5.32 Å². The number of aromatic amines is 1. The maximum Gasteiger partial charge on any atom is 0.298 e. The minimum Gasteiger partial charge on any atom is -0.302 e. The summed E-state index contributed by atoms with van der Waals surface area (Å²) in [6, 6.07) is 0. The first-order valence-electron chi connectivity index (χ1n) is 3.78. The van der Waals surface area contributed by atoms with E-state index in [2.05, 4.69) is 51.8 Å². The maximum absolute atomic E-state index is 11.4. The van der Waals surface area contributed by atoms with E-state index in [9.17, 15) is 4.79 Å². The maximum atomic E-state index is 11.4. The molecule has 2 aromatic heterocycles. The molecule has 0 radical (unpaired) electrons. The molecule has 2 aromatic rings. The average Bonchev–Trinajstić information content (AvgIpc) is 2.74. The average molecular weight is 270 g/mol. The summed E-state index contributed by atoms with van der Waals surface area (Å²) in [4.78, 5) is 19.2. The predicted octanol–water partition coefficient (Wildman–Crippen LogP) is 0.00450. The normalized spacial score (nSPS) is 9.93. The van der Waals surface area contributed by atoms with Crippen molar-refractivity contribution in [2.45, 2.75) is 0 Å². The summed E-state index contributed by atoms with van der Waals surface area (Å²) in [6.45, 7) is 0. The summed E-state index contributed by atoms with van der Waals surface area (Å²) in [5.41, 5.74) is 0. The van der Waals surface area contributed by atoms with Gasteiger partial charge in [-0.05, 0) is 21.1 Å². The summed E-state index contributed by atoms with van der Waals surface area (Å²) in [5.74, 6) is -0.243. The van der Waals surface area contributed by atoms with Gasteiger partial charge in [0.15, 0.2) is 5.82 Å². The number of nitrogens with zero attached hydrogens (tertiary/aromatic N) is 5. The van der Waals surface area contributed by atoms with Gasteiger partial charge in [-0.3, -0.25) is 4.79 Å². The van der Waals surface area contributed by atoms with Crippen molar-refractivity contribution >= 4 is 27.7 Å². The number of carbonyl (C=O) groups is 1. The van der Waals surface area contributed by atoms with E-state index in [0.29, 0.717) is 10.4 Å². The van der Waals surface area contributed by atoms with Gasteiger partial charge in [0.05, 0.1) is 12.4 Å². The second-order valence-corrected chi connectivity index (χ2v) is 3.23. The Kier molecular flexibility index (Phi) is 2.63. The van der Waals surface area contributed by atoms with Crippen LogP contribution in [0.5, 0.6) is 0 Å². The minimum absolute atomic E-state index is 0.0558. The van der Waals surface area contributed by atoms with Gasteiger partial charge in [-0.25, -0.2) is 9.97 Å². The molecule has 1 amide bonds. The predicted molar refractivity (Wildman–Crippen MR) is 51.9 cm³/mol. The number of aromatic nitrogens is 6. The molecule has 0 aliphatic rings. The molecular weight excluding hydrogens is 266 g/mol. The Hall–Kier alpha value is -1.90. The third-order valence-electron chi connectivity index (χ3n) is 1.41. The summed E-state index contributed by atoms with van der Waals surface area (Å²) in [5, 5.41) is 14.9. The Morgan fingerprint density at radius 3 is 2.87 bits per heavy atom. The van der Waals surface area contributed by atoms with Crippen molar-refractivity contribution < 1.29 is 4.79 Å². The Morgan fingerprint density at radius 2 is 2.27 bits per heavy atom. The van der Waals surface area contributed by atoms with Crippen LogP contribution in [0.2, 0.25) is 0 Å². The highest BCUT2D eigenvalue weighted by molar-refractivity contribution is 9.10. The molecule has 0 aliphatic heterocycles. The van der Waals surface area contributed by atoms with Crippen molar-refractivity contribution in [2.24, 2.45) is 0 Å². The summed E-state index contributed by atoms with van der Waals surface area (Å²) < 4.78 is 0.583. The van der Waals surface area contributed by atoms with Gasteiger partial charge in [0.1, 0.15) is 4.60 Å². The fraction of sp³-hybridized carbons (Fsp3) is 0. The Balaban J connectivity index is 2.09. The number of rotatable bonds is 2. The van der Waals surface area contributed by atoms with E-state index in [0.717, 1.165) is 0 Å². The molecule has 0 bridgehead atoms. The molecule has 0 spiro atoms. The van der Waals surface area contributed by atoms with Crippen LogP contribution in [0, 0.1) is 0 Å². The topological polar surface area (TPSA) is 109 Å². The lowest BCUT2D eigenvalue weighted by Gasteiger charge is -1.99. The number of carbonyl (C=O) groups excluding carboxylic acids is 1. The monoisotopic (exact) mass is 269 g/mol. The SMILES string of the molecule is O=C(Nc1cnc(Br)cn1)c1nn[nH]n1.